The second-order valence-corrected chi connectivity index (χ2v) is 7.39. The van der Waals surface area contributed by atoms with Gasteiger partial charge in [0.2, 0.25) is 10.0 Å². The van der Waals surface area contributed by atoms with Crippen molar-refractivity contribution in [2.75, 3.05) is 6.61 Å². The van der Waals surface area contributed by atoms with Gasteiger partial charge in [-0.05, 0) is 44.0 Å². The van der Waals surface area contributed by atoms with Crippen LogP contribution in [0, 0.1) is 11.8 Å². The third-order valence-electron chi connectivity index (χ3n) is 3.81. The highest BCUT2D eigenvalue weighted by molar-refractivity contribution is 7.89. The van der Waals surface area contributed by atoms with Gasteiger partial charge in [-0.3, -0.25) is 0 Å². The van der Waals surface area contributed by atoms with Crippen molar-refractivity contribution in [3.8, 4) is 11.8 Å². The fourth-order valence-corrected chi connectivity index (χ4v) is 4.14. The summed E-state index contributed by atoms with van der Waals surface area (Å²) in [6.45, 7) is 1.77. The van der Waals surface area contributed by atoms with E-state index in [2.05, 4.69) is 16.6 Å². The lowest BCUT2D eigenvalue weighted by molar-refractivity contribution is 0.294. The number of hydrogen-bond donors (Lipinski definition) is 2. The molecule has 5 heteroatoms. The molecule has 0 amide bonds. The standard InChI is InChI=1S/C16H21NO3S/c1-16(11-3-2-4-12-16)17-21(19,20)15-9-7-14(8-10-15)6-5-13-18/h7-10,17-18H,2-4,11-13H2,1H3. The lowest BCUT2D eigenvalue weighted by Crippen LogP contribution is -2.47. The van der Waals surface area contributed by atoms with Crippen LogP contribution in [0.15, 0.2) is 29.2 Å². The van der Waals surface area contributed by atoms with E-state index in [0.29, 0.717) is 5.56 Å². The number of nitrogens with one attached hydrogen (secondary N) is 1. The first kappa shape index (κ1) is 16.0. The third-order valence-corrected chi connectivity index (χ3v) is 5.47. The van der Waals surface area contributed by atoms with Crippen molar-refractivity contribution >= 4 is 10.0 Å². The highest BCUT2D eigenvalue weighted by Crippen LogP contribution is 2.29. The van der Waals surface area contributed by atoms with Crippen LogP contribution in [0.4, 0.5) is 0 Å². The van der Waals surface area contributed by atoms with Crippen molar-refractivity contribution < 1.29 is 13.5 Å². The average Bonchev–Trinajstić information content (AvgIpc) is 2.45. The zero-order valence-corrected chi connectivity index (χ0v) is 13.0. The summed E-state index contributed by atoms with van der Waals surface area (Å²) in [6, 6.07) is 6.41. The van der Waals surface area contributed by atoms with Crippen LogP contribution in [0.2, 0.25) is 0 Å². The Labute approximate surface area is 126 Å². The first-order chi connectivity index (χ1) is 9.95. The largest absolute Gasteiger partial charge is 0.384 e. The van der Waals surface area contributed by atoms with Crippen LogP contribution in [-0.2, 0) is 10.0 Å². The van der Waals surface area contributed by atoms with Gasteiger partial charge < -0.3 is 5.11 Å². The van der Waals surface area contributed by atoms with Gasteiger partial charge in [0.05, 0.1) is 4.90 Å². The van der Waals surface area contributed by atoms with Crippen molar-refractivity contribution in [2.24, 2.45) is 0 Å². The molecular weight excluding hydrogens is 286 g/mol. The molecule has 0 unspecified atom stereocenters. The van der Waals surface area contributed by atoms with Gasteiger partial charge >= 0.3 is 0 Å². The fourth-order valence-electron chi connectivity index (χ4n) is 2.68. The van der Waals surface area contributed by atoms with E-state index >= 15 is 0 Å². The molecule has 0 saturated heterocycles. The summed E-state index contributed by atoms with van der Waals surface area (Å²) in [6.07, 6.45) is 5.07. The quantitative estimate of drug-likeness (QED) is 0.840. The van der Waals surface area contributed by atoms with Gasteiger partial charge in [0, 0.05) is 11.1 Å². The molecule has 1 aromatic carbocycles. The molecule has 2 rings (SSSR count). The van der Waals surface area contributed by atoms with Crippen LogP contribution < -0.4 is 4.72 Å². The molecule has 1 fully saturated rings. The molecule has 0 aliphatic heterocycles. The van der Waals surface area contributed by atoms with Gasteiger partial charge in [-0.15, -0.1) is 0 Å². The maximum atomic E-state index is 12.4. The molecule has 4 nitrogen and oxygen atoms in total. The Morgan fingerprint density at radius 2 is 1.81 bits per heavy atom. The zero-order chi connectivity index (χ0) is 15.3. The summed E-state index contributed by atoms with van der Waals surface area (Å²) in [7, 11) is -3.50. The number of aliphatic hydroxyl groups excluding tert-OH is 1. The minimum atomic E-state index is -3.50. The van der Waals surface area contributed by atoms with Gasteiger partial charge in [-0.25, -0.2) is 13.1 Å². The van der Waals surface area contributed by atoms with Crippen LogP contribution in [0.3, 0.4) is 0 Å². The Morgan fingerprint density at radius 3 is 2.38 bits per heavy atom. The predicted molar refractivity (Wildman–Crippen MR) is 82.2 cm³/mol. The molecule has 1 aliphatic rings. The second-order valence-electron chi connectivity index (χ2n) is 5.71. The summed E-state index contributed by atoms with van der Waals surface area (Å²) in [5.41, 5.74) is 0.346. The molecule has 0 spiro atoms. The Bertz CT molecular complexity index is 632. The topological polar surface area (TPSA) is 66.4 Å². The molecule has 114 valence electrons. The molecule has 0 bridgehead atoms. The number of sulfonamides is 1. The zero-order valence-electron chi connectivity index (χ0n) is 12.2. The Morgan fingerprint density at radius 1 is 1.19 bits per heavy atom. The van der Waals surface area contributed by atoms with E-state index in [4.69, 9.17) is 5.11 Å². The van der Waals surface area contributed by atoms with Crippen LogP contribution in [0.5, 0.6) is 0 Å². The van der Waals surface area contributed by atoms with Crippen molar-refractivity contribution in [1.29, 1.82) is 0 Å². The molecule has 0 atom stereocenters. The normalized spacial score (nSPS) is 17.8. The van der Waals surface area contributed by atoms with E-state index in [1.165, 1.54) is 6.42 Å². The predicted octanol–water partition coefficient (Wildman–Crippen LogP) is 2.03. The molecule has 1 aromatic rings. The van der Waals surface area contributed by atoms with Crippen LogP contribution in [0.1, 0.15) is 44.6 Å². The van der Waals surface area contributed by atoms with Crippen LogP contribution >= 0.6 is 0 Å². The number of rotatable bonds is 3. The van der Waals surface area contributed by atoms with E-state index in [1.807, 2.05) is 6.92 Å². The van der Waals surface area contributed by atoms with E-state index < -0.39 is 10.0 Å². The maximum Gasteiger partial charge on any atom is 0.241 e. The van der Waals surface area contributed by atoms with Crippen LogP contribution in [-0.4, -0.2) is 25.7 Å². The molecule has 21 heavy (non-hydrogen) atoms. The number of benzene rings is 1. The van der Waals surface area contributed by atoms with Gasteiger partial charge in [0.15, 0.2) is 0 Å². The Balaban J connectivity index is 2.15. The monoisotopic (exact) mass is 307 g/mol. The van der Waals surface area contributed by atoms with Gasteiger partial charge in [-0.1, -0.05) is 31.1 Å². The highest BCUT2D eigenvalue weighted by Gasteiger charge is 2.31. The van der Waals surface area contributed by atoms with Crippen molar-refractivity contribution in [3.63, 3.8) is 0 Å². The van der Waals surface area contributed by atoms with E-state index in [-0.39, 0.29) is 17.0 Å². The SMILES string of the molecule is CC1(NS(=O)(=O)c2ccc(C#CCO)cc2)CCCCC1. The van der Waals surface area contributed by atoms with Crippen LogP contribution in [0.25, 0.3) is 0 Å². The number of aliphatic hydroxyl groups is 1. The summed E-state index contributed by atoms with van der Waals surface area (Å²) in [4.78, 5) is 0.254. The lowest BCUT2D eigenvalue weighted by Gasteiger charge is -2.34. The van der Waals surface area contributed by atoms with E-state index in [0.717, 1.165) is 25.7 Å². The van der Waals surface area contributed by atoms with Crippen molar-refractivity contribution in [1.82, 2.24) is 4.72 Å². The van der Waals surface area contributed by atoms with Crippen molar-refractivity contribution in [2.45, 2.75) is 49.5 Å². The minimum absolute atomic E-state index is 0.208. The molecular formula is C16H21NO3S. The van der Waals surface area contributed by atoms with Gasteiger partial charge in [0.25, 0.3) is 0 Å². The fraction of sp³-hybridized carbons (Fsp3) is 0.500. The van der Waals surface area contributed by atoms with Gasteiger partial charge in [0.1, 0.15) is 6.61 Å². The highest BCUT2D eigenvalue weighted by atomic mass is 32.2. The van der Waals surface area contributed by atoms with Crippen molar-refractivity contribution in [3.05, 3.63) is 29.8 Å². The molecule has 0 aromatic heterocycles. The molecule has 0 radical (unpaired) electrons. The summed E-state index contributed by atoms with van der Waals surface area (Å²) in [5.74, 6) is 5.28. The molecule has 1 aliphatic carbocycles. The third kappa shape index (κ3) is 4.31. The molecule has 1 saturated carbocycles. The first-order valence-corrected chi connectivity index (χ1v) is 8.67. The summed E-state index contributed by atoms with van der Waals surface area (Å²) < 4.78 is 27.7. The molecule has 0 heterocycles. The minimum Gasteiger partial charge on any atom is -0.384 e. The maximum absolute atomic E-state index is 12.4. The summed E-state index contributed by atoms with van der Waals surface area (Å²) >= 11 is 0. The average molecular weight is 307 g/mol. The Kier molecular flexibility index (Phi) is 5.04. The number of hydrogen-bond acceptors (Lipinski definition) is 3. The first-order valence-electron chi connectivity index (χ1n) is 7.19. The van der Waals surface area contributed by atoms with Gasteiger partial charge in [-0.2, -0.15) is 0 Å². The lowest BCUT2D eigenvalue weighted by atomic mass is 9.84. The van der Waals surface area contributed by atoms with E-state index in [1.54, 1.807) is 24.3 Å². The smallest absolute Gasteiger partial charge is 0.241 e. The molecule has 2 N–H and O–H groups in total. The summed E-state index contributed by atoms with van der Waals surface area (Å²) in [5, 5.41) is 8.64. The second kappa shape index (κ2) is 6.61. The Hall–Kier alpha value is -1.35. The van der Waals surface area contributed by atoms with E-state index in [9.17, 15) is 8.42 Å².